The molecular formula is C19H21N3O2S. The molecule has 0 aromatic heterocycles. The second-order valence-electron chi connectivity index (χ2n) is 5.78. The van der Waals surface area contributed by atoms with Gasteiger partial charge in [-0.2, -0.15) is 0 Å². The Labute approximate surface area is 152 Å². The van der Waals surface area contributed by atoms with Gasteiger partial charge in [0.1, 0.15) is 5.75 Å². The number of benzene rings is 2. The van der Waals surface area contributed by atoms with E-state index in [1.54, 1.807) is 7.05 Å². The molecule has 0 radical (unpaired) electrons. The molecule has 1 atom stereocenters. The Hall–Kier alpha value is -2.60. The zero-order chi connectivity index (χ0) is 18.0. The summed E-state index contributed by atoms with van der Waals surface area (Å²) in [5.41, 5.74) is 2.37. The molecule has 3 N–H and O–H groups in total. The lowest BCUT2D eigenvalue weighted by Crippen LogP contribution is -2.46. The van der Waals surface area contributed by atoms with Crippen LogP contribution < -0.4 is 20.7 Å². The third kappa shape index (κ3) is 3.17. The number of amides is 1. The minimum Gasteiger partial charge on any atom is -0.493 e. The van der Waals surface area contributed by atoms with Crippen LogP contribution in [0.5, 0.6) is 5.75 Å². The van der Waals surface area contributed by atoms with Crippen molar-refractivity contribution in [3.05, 3.63) is 53.2 Å². The Morgan fingerprint density at radius 2 is 1.96 bits per heavy atom. The van der Waals surface area contributed by atoms with Crippen LogP contribution >= 0.6 is 12.2 Å². The second-order valence-corrected chi connectivity index (χ2v) is 6.19. The number of fused-ring (bicyclic) bond motifs is 1. The Balaban J connectivity index is 2.21. The van der Waals surface area contributed by atoms with Gasteiger partial charge in [-0.3, -0.25) is 4.79 Å². The van der Waals surface area contributed by atoms with Crippen molar-refractivity contribution in [1.82, 2.24) is 16.0 Å². The Bertz CT molecular complexity index is 876. The summed E-state index contributed by atoms with van der Waals surface area (Å²) in [6, 6.07) is 11.7. The molecule has 1 aliphatic rings. The fourth-order valence-corrected chi connectivity index (χ4v) is 3.46. The zero-order valence-electron chi connectivity index (χ0n) is 14.5. The maximum absolute atomic E-state index is 12.5. The lowest BCUT2D eigenvalue weighted by atomic mass is 9.91. The molecule has 2 aromatic rings. The van der Waals surface area contributed by atoms with Gasteiger partial charge in [0.15, 0.2) is 5.11 Å². The lowest BCUT2D eigenvalue weighted by Gasteiger charge is -2.31. The van der Waals surface area contributed by atoms with Crippen LogP contribution in [0.25, 0.3) is 10.8 Å². The summed E-state index contributed by atoms with van der Waals surface area (Å²) in [4.78, 5) is 12.5. The van der Waals surface area contributed by atoms with Gasteiger partial charge in [-0.1, -0.05) is 30.3 Å². The van der Waals surface area contributed by atoms with Gasteiger partial charge in [0.25, 0.3) is 5.91 Å². The molecule has 0 spiro atoms. The smallest absolute Gasteiger partial charge is 0.251 e. The molecule has 25 heavy (non-hydrogen) atoms. The van der Waals surface area contributed by atoms with Gasteiger partial charge in [0, 0.05) is 18.1 Å². The van der Waals surface area contributed by atoms with E-state index < -0.39 is 0 Å². The first-order chi connectivity index (χ1) is 12.1. The number of likely N-dealkylation sites (N-methyl/N-ethyl adjacent to an activating group) is 1. The predicted octanol–water partition coefficient (Wildman–Crippen LogP) is 2.78. The fourth-order valence-electron chi connectivity index (χ4n) is 3.19. The van der Waals surface area contributed by atoms with Gasteiger partial charge in [-0.05, 0) is 43.1 Å². The van der Waals surface area contributed by atoms with E-state index in [0.717, 1.165) is 27.8 Å². The van der Waals surface area contributed by atoms with E-state index in [-0.39, 0.29) is 11.9 Å². The fraction of sp³-hybridized carbons (Fsp3) is 0.263. The normalized spacial score (nSPS) is 17.1. The van der Waals surface area contributed by atoms with E-state index in [4.69, 9.17) is 17.0 Å². The largest absolute Gasteiger partial charge is 0.493 e. The third-order valence-electron chi connectivity index (χ3n) is 4.27. The molecular weight excluding hydrogens is 334 g/mol. The van der Waals surface area contributed by atoms with Crippen molar-refractivity contribution in [2.45, 2.75) is 19.9 Å². The number of rotatable bonds is 4. The van der Waals surface area contributed by atoms with Gasteiger partial charge in [-0.15, -0.1) is 0 Å². The molecule has 130 valence electrons. The molecule has 0 saturated carbocycles. The topological polar surface area (TPSA) is 62.4 Å². The molecule has 0 fully saturated rings. The quantitative estimate of drug-likeness (QED) is 0.736. The van der Waals surface area contributed by atoms with E-state index in [1.165, 1.54) is 0 Å². The second kappa shape index (κ2) is 7.11. The van der Waals surface area contributed by atoms with Crippen molar-refractivity contribution in [3.8, 4) is 5.75 Å². The Morgan fingerprint density at radius 1 is 1.24 bits per heavy atom. The molecule has 2 aromatic carbocycles. The van der Waals surface area contributed by atoms with Crippen molar-refractivity contribution in [2.75, 3.05) is 13.7 Å². The van der Waals surface area contributed by atoms with E-state index in [2.05, 4.69) is 16.0 Å². The highest BCUT2D eigenvalue weighted by Gasteiger charge is 2.30. The number of ether oxygens (including phenoxy) is 1. The first kappa shape index (κ1) is 17.2. The first-order valence-electron chi connectivity index (χ1n) is 8.21. The highest BCUT2D eigenvalue weighted by atomic mass is 32.1. The molecule has 1 aliphatic heterocycles. The number of hydrogen-bond donors (Lipinski definition) is 3. The monoisotopic (exact) mass is 355 g/mol. The van der Waals surface area contributed by atoms with Gasteiger partial charge < -0.3 is 20.7 Å². The summed E-state index contributed by atoms with van der Waals surface area (Å²) < 4.78 is 5.75. The summed E-state index contributed by atoms with van der Waals surface area (Å²) in [5.74, 6) is 0.698. The van der Waals surface area contributed by atoms with E-state index in [9.17, 15) is 4.79 Å². The molecule has 0 saturated heterocycles. The molecule has 1 heterocycles. The maximum Gasteiger partial charge on any atom is 0.251 e. The summed E-state index contributed by atoms with van der Waals surface area (Å²) in [6.45, 7) is 4.42. The number of carbonyl (C=O) groups excluding carboxylic acids is 1. The number of thiocarbonyl (C=S) groups is 1. The number of hydrogen-bond acceptors (Lipinski definition) is 3. The predicted molar refractivity (Wildman–Crippen MR) is 103 cm³/mol. The van der Waals surface area contributed by atoms with Gasteiger partial charge >= 0.3 is 0 Å². The molecule has 3 rings (SSSR count). The van der Waals surface area contributed by atoms with Crippen molar-refractivity contribution in [1.29, 1.82) is 0 Å². The number of allylic oxidation sites excluding steroid dienone is 1. The van der Waals surface area contributed by atoms with Crippen LogP contribution in [0.4, 0.5) is 0 Å². The van der Waals surface area contributed by atoms with Crippen LogP contribution in [0, 0.1) is 0 Å². The standard InChI is InChI=1S/C19H21N3O2S/c1-4-24-15-10-9-14(12-7-5-6-8-13(12)15)17-16(18(23)20-3)11(2)21-19(25)22-17/h5-10,17H,4H2,1-3H3,(H,20,23)(H2,21,22,25). The minimum atomic E-state index is -0.325. The number of carbonyl (C=O) groups is 1. The zero-order valence-corrected chi connectivity index (χ0v) is 15.3. The average molecular weight is 355 g/mol. The van der Waals surface area contributed by atoms with Crippen molar-refractivity contribution in [2.24, 2.45) is 0 Å². The van der Waals surface area contributed by atoms with Crippen LogP contribution in [0.3, 0.4) is 0 Å². The van der Waals surface area contributed by atoms with Crippen LogP contribution in [-0.2, 0) is 4.79 Å². The molecule has 6 heteroatoms. The maximum atomic E-state index is 12.5. The first-order valence-corrected chi connectivity index (χ1v) is 8.62. The van der Waals surface area contributed by atoms with E-state index >= 15 is 0 Å². The van der Waals surface area contributed by atoms with Gasteiger partial charge in [0.05, 0.1) is 18.2 Å². The van der Waals surface area contributed by atoms with Crippen LogP contribution in [-0.4, -0.2) is 24.7 Å². The van der Waals surface area contributed by atoms with Crippen molar-refractivity contribution in [3.63, 3.8) is 0 Å². The van der Waals surface area contributed by atoms with Crippen molar-refractivity contribution < 1.29 is 9.53 Å². The third-order valence-corrected chi connectivity index (χ3v) is 4.49. The molecule has 0 bridgehead atoms. The summed E-state index contributed by atoms with van der Waals surface area (Å²) in [5, 5.41) is 11.5. The average Bonchev–Trinajstić information content (AvgIpc) is 2.61. The molecule has 1 unspecified atom stereocenters. The molecule has 5 nitrogen and oxygen atoms in total. The molecule has 0 aliphatic carbocycles. The SMILES string of the molecule is CCOc1ccc(C2NC(=S)NC(C)=C2C(=O)NC)c2ccccc12. The van der Waals surface area contributed by atoms with E-state index in [0.29, 0.717) is 17.3 Å². The number of nitrogens with one attached hydrogen (secondary N) is 3. The minimum absolute atomic E-state index is 0.136. The summed E-state index contributed by atoms with van der Waals surface area (Å²) in [6.07, 6.45) is 0. The Morgan fingerprint density at radius 3 is 2.64 bits per heavy atom. The highest BCUT2D eigenvalue weighted by molar-refractivity contribution is 7.80. The highest BCUT2D eigenvalue weighted by Crippen LogP contribution is 2.35. The molecule has 1 amide bonds. The Kier molecular flexibility index (Phi) is 4.90. The van der Waals surface area contributed by atoms with Crippen LogP contribution in [0.1, 0.15) is 25.5 Å². The van der Waals surface area contributed by atoms with E-state index in [1.807, 2.05) is 50.2 Å². The summed E-state index contributed by atoms with van der Waals surface area (Å²) >= 11 is 5.31. The van der Waals surface area contributed by atoms with Crippen molar-refractivity contribution >= 4 is 34.0 Å². The van der Waals surface area contributed by atoms with Gasteiger partial charge in [0.2, 0.25) is 0 Å². The summed E-state index contributed by atoms with van der Waals surface area (Å²) in [7, 11) is 1.63. The lowest BCUT2D eigenvalue weighted by molar-refractivity contribution is -0.117. The van der Waals surface area contributed by atoms with Crippen LogP contribution in [0.15, 0.2) is 47.7 Å². The van der Waals surface area contributed by atoms with Gasteiger partial charge in [-0.25, -0.2) is 0 Å². The van der Waals surface area contributed by atoms with Crippen LogP contribution in [0.2, 0.25) is 0 Å².